The van der Waals surface area contributed by atoms with Gasteiger partial charge in [0.15, 0.2) is 0 Å². The molecule has 0 radical (unpaired) electrons. The molecule has 3 N–H and O–H groups in total. The molecule has 4 heteroatoms. The van der Waals surface area contributed by atoms with Crippen molar-refractivity contribution in [3.8, 4) is 0 Å². The molecular weight excluding hydrogens is 210 g/mol. The largest absolute Gasteiger partial charge is 0.308 e. The third kappa shape index (κ3) is 2.49. The van der Waals surface area contributed by atoms with Crippen LogP contribution in [0.4, 0.5) is 0 Å². The average Bonchev–Trinajstić information content (AvgIpc) is 3.02. The van der Waals surface area contributed by atoms with E-state index in [1.165, 1.54) is 0 Å². The second kappa shape index (κ2) is 4.21. The maximum atomic E-state index is 5.96. The average molecular weight is 224 g/mol. The molecule has 0 saturated heterocycles. The fourth-order valence-electron chi connectivity index (χ4n) is 1.37. The van der Waals surface area contributed by atoms with E-state index in [0.717, 1.165) is 34.8 Å². The molecule has 1 saturated carbocycles. The highest BCUT2D eigenvalue weighted by molar-refractivity contribution is 6.31. The maximum Gasteiger partial charge on any atom is 0.142 e. The van der Waals surface area contributed by atoms with Gasteiger partial charge in [0.2, 0.25) is 0 Å². The van der Waals surface area contributed by atoms with Gasteiger partial charge >= 0.3 is 0 Å². The number of benzene rings is 1. The number of nitrogens with two attached hydrogens (primary N) is 1. The van der Waals surface area contributed by atoms with Crippen molar-refractivity contribution in [3.05, 3.63) is 34.3 Å². The Kier molecular flexibility index (Phi) is 2.93. The molecule has 2 rings (SSSR count). The molecule has 0 heterocycles. The van der Waals surface area contributed by atoms with Crippen LogP contribution < -0.4 is 11.3 Å². The zero-order chi connectivity index (χ0) is 10.8. The normalized spacial score (nSPS) is 16.6. The van der Waals surface area contributed by atoms with E-state index in [2.05, 4.69) is 10.4 Å². The van der Waals surface area contributed by atoms with E-state index >= 15 is 0 Å². The second-order valence-corrected chi connectivity index (χ2v) is 4.22. The fourth-order valence-corrected chi connectivity index (χ4v) is 1.49. The number of nitrogens with one attached hydrogen (secondary N) is 1. The molecule has 0 bridgehead atoms. The van der Waals surface area contributed by atoms with Crippen molar-refractivity contribution >= 4 is 17.4 Å². The predicted octanol–water partition coefficient (Wildman–Crippen LogP) is 2.02. The van der Waals surface area contributed by atoms with Crippen molar-refractivity contribution in [1.82, 2.24) is 5.43 Å². The van der Waals surface area contributed by atoms with Crippen LogP contribution in [-0.4, -0.2) is 11.9 Å². The highest BCUT2D eigenvalue weighted by Gasteiger charge is 2.21. The highest BCUT2D eigenvalue weighted by Crippen LogP contribution is 2.24. The van der Waals surface area contributed by atoms with Gasteiger partial charge in [-0.15, -0.1) is 0 Å². The Morgan fingerprint density at radius 2 is 2.27 bits per heavy atom. The van der Waals surface area contributed by atoms with Crippen LogP contribution >= 0.6 is 11.6 Å². The van der Waals surface area contributed by atoms with Gasteiger partial charge in [0, 0.05) is 10.6 Å². The smallest absolute Gasteiger partial charge is 0.142 e. The standard InChI is InChI=1S/C11H14ClN3/c1-7-6-8(2-5-10(7)12)11(15-13)14-9-3-4-9/h2,5-6,9H,3-4,13H2,1H3,(H,14,15). The minimum Gasteiger partial charge on any atom is -0.308 e. The summed E-state index contributed by atoms with van der Waals surface area (Å²) in [6.07, 6.45) is 2.33. The Balaban J connectivity index is 2.29. The Morgan fingerprint density at radius 3 is 2.80 bits per heavy atom. The van der Waals surface area contributed by atoms with Crippen LogP contribution in [0.5, 0.6) is 0 Å². The fraction of sp³-hybridized carbons (Fsp3) is 0.364. The third-order valence-corrected chi connectivity index (χ3v) is 2.85. The lowest BCUT2D eigenvalue weighted by Gasteiger charge is -2.07. The molecule has 0 aromatic heterocycles. The summed E-state index contributed by atoms with van der Waals surface area (Å²) < 4.78 is 0. The topological polar surface area (TPSA) is 50.4 Å². The molecule has 1 aliphatic rings. The Labute approximate surface area is 94.3 Å². The SMILES string of the molecule is Cc1cc(C(=NC2CC2)NN)ccc1Cl. The summed E-state index contributed by atoms with van der Waals surface area (Å²) in [5, 5.41) is 0.765. The molecule has 0 unspecified atom stereocenters. The van der Waals surface area contributed by atoms with E-state index in [0.29, 0.717) is 6.04 Å². The Hall–Kier alpha value is -1.06. The number of nitrogens with zero attached hydrogens (tertiary/aromatic N) is 1. The number of aliphatic imine (C=N–C) groups is 1. The van der Waals surface area contributed by atoms with Crippen LogP contribution in [0.3, 0.4) is 0 Å². The molecule has 1 aromatic carbocycles. The van der Waals surface area contributed by atoms with Gasteiger partial charge in [-0.3, -0.25) is 4.99 Å². The van der Waals surface area contributed by atoms with E-state index in [1.54, 1.807) is 0 Å². The van der Waals surface area contributed by atoms with Crippen molar-refractivity contribution in [2.45, 2.75) is 25.8 Å². The number of amidine groups is 1. The van der Waals surface area contributed by atoms with Crippen LogP contribution in [-0.2, 0) is 0 Å². The van der Waals surface area contributed by atoms with Crippen molar-refractivity contribution in [2.24, 2.45) is 10.8 Å². The lowest BCUT2D eigenvalue weighted by Crippen LogP contribution is -2.31. The number of hydrazine groups is 1. The molecule has 1 fully saturated rings. The monoisotopic (exact) mass is 223 g/mol. The van der Waals surface area contributed by atoms with E-state index in [4.69, 9.17) is 17.4 Å². The van der Waals surface area contributed by atoms with Gasteiger partial charge in [0.1, 0.15) is 5.84 Å². The van der Waals surface area contributed by atoms with E-state index in [9.17, 15) is 0 Å². The number of hydrogen-bond acceptors (Lipinski definition) is 2. The van der Waals surface area contributed by atoms with Gasteiger partial charge < -0.3 is 5.43 Å². The van der Waals surface area contributed by atoms with E-state index in [1.807, 2.05) is 25.1 Å². The summed E-state index contributed by atoms with van der Waals surface area (Å²) in [6, 6.07) is 6.23. The van der Waals surface area contributed by atoms with Gasteiger partial charge in [-0.25, -0.2) is 5.84 Å². The van der Waals surface area contributed by atoms with Crippen molar-refractivity contribution in [1.29, 1.82) is 0 Å². The Bertz CT molecular complexity index is 397. The first-order valence-corrected chi connectivity index (χ1v) is 5.39. The molecule has 1 aromatic rings. The summed E-state index contributed by atoms with van der Waals surface area (Å²) in [5.74, 6) is 6.20. The molecule has 0 spiro atoms. The van der Waals surface area contributed by atoms with Gasteiger partial charge in [0.25, 0.3) is 0 Å². The summed E-state index contributed by atoms with van der Waals surface area (Å²) in [6.45, 7) is 1.97. The van der Waals surface area contributed by atoms with Crippen LogP contribution in [0.2, 0.25) is 5.02 Å². The quantitative estimate of drug-likeness (QED) is 0.349. The molecule has 15 heavy (non-hydrogen) atoms. The number of aryl methyl sites for hydroxylation is 1. The van der Waals surface area contributed by atoms with Gasteiger partial charge in [0.05, 0.1) is 6.04 Å². The number of halogens is 1. The molecule has 1 aliphatic carbocycles. The highest BCUT2D eigenvalue weighted by atomic mass is 35.5. The summed E-state index contributed by atoms with van der Waals surface area (Å²) >= 11 is 5.96. The maximum absolute atomic E-state index is 5.96. The van der Waals surface area contributed by atoms with Crippen LogP contribution in [0.1, 0.15) is 24.0 Å². The van der Waals surface area contributed by atoms with Crippen LogP contribution in [0.25, 0.3) is 0 Å². The zero-order valence-electron chi connectivity index (χ0n) is 8.63. The van der Waals surface area contributed by atoms with Crippen molar-refractivity contribution < 1.29 is 0 Å². The molecule has 80 valence electrons. The van der Waals surface area contributed by atoms with Crippen molar-refractivity contribution in [3.63, 3.8) is 0 Å². The number of hydrogen-bond donors (Lipinski definition) is 2. The Morgan fingerprint density at radius 1 is 1.53 bits per heavy atom. The summed E-state index contributed by atoms with van der Waals surface area (Å²) in [7, 11) is 0. The number of rotatable bonds is 2. The van der Waals surface area contributed by atoms with Gasteiger partial charge in [-0.1, -0.05) is 11.6 Å². The summed E-state index contributed by atoms with van der Waals surface area (Å²) in [4.78, 5) is 4.49. The predicted molar refractivity (Wildman–Crippen MR) is 63.1 cm³/mol. The molecule has 0 atom stereocenters. The minimum atomic E-state index is 0.451. The van der Waals surface area contributed by atoms with Gasteiger partial charge in [-0.05, 0) is 43.5 Å². The lowest BCUT2D eigenvalue weighted by molar-refractivity contribution is 0.971. The first kappa shape index (κ1) is 10.5. The molecule has 3 nitrogen and oxygen atoms in total. The van der Waals surface area contributed by atoms with Crippen molar-refractivity contribution in [2.75, 3.05) is 0 Å². The minimum absolute atomic E-state index is 0.451. The lowest BCUT2D eigenvalue weighted by atomic mass is 10.1. The molecule has 0 aliphatic heterocycles. The zero-order valence-corrected chi connectivity index (χ0v) is 9.38. The van der Waals surface area contributed by atoms with E-state index < -0.39 is 0 Å². The molecule has 0 amide bonds. The van der Waals surface area contributed by atoms with Crippen LogP contribution in [0.15, 0.2) is 23.2 Å². The first-order valence-electron chi connectivity index (χ1n) is 5.01. The summed E-state index contributed by atoms with van der Waals surface area (Å²) in [5.41, 5.74) is 4.67. The van der Waals surface area contributed by atoms with Crippen LogP contribution in [0, 0.1) is 6.92 Å². The van der Waals surface area contributed by atoms with E-state index in [-0.39, 0.29) is 0 Å². The molecular formula is C11H14ClN3. The second-order valence-electron chi connectivity index (χ2n) is 3.82. The first-order chi connectivity index (χ1) is 7.20. The van der Waals surface area contributed by atoms with Gasteiger partial charge in [-0.2, -0.15) is 0 Å². The third-order valence-electron chi connectivity index (χ3n) is 2.43.